The van der Waals surface area contributed by atoms with Crippen LogP contribution < -0.4 is 0 Å². The fourth-order valence-electron chi connectivity index (χ4n) is 1.38. The van der Waals surface area contributed by atoms with Crippen molar-refractivity contribution in [2.75, 3.05) is 12.9 Å². The van der Waals surface area contributed by atoms with Gasteiger partial charge in [0.25, 0.3) is 10.1 Å². The third-order valence-corrected chi connectivity index (χ3v) is 2.59. The van der Waals surface area contributed by atoms with E-state index in [9.17, 15) is 17.2 Å². The quantitative estimate of drug-likeness (QED) is 0.659. The van der Waals surface area contributed by atoms with Crippen LogP contribution >= 0.6 is 0 Å². The normalized spacial score (nSPS) is 35.2. The molecule has 1 fully saturated rings. The summed E-state index contributed by atoms with van der Waals surface area (Å²) in [5.41, 5.74) is 0. The van der Waals surface area contributed by atoms with Crippen LogP contribution in [0.25, 0.3) is 0 Å². The predicted octanol–water partition coefficient (Wildman–Crippen LogP) is 1.05. The summed E-state index contributed by atoms with van der Waals surface area (Å²) in [7, 11) is -3.49. The van der Waals surface area contributed by atoms with E-state index in [-0.39, 0.29) is 25.4 Å². The van der Waals surface area contributed by atoms with Crippen LogP contribution in [-0.4, -0.2) is 33.6 Å². The van der Waals surface area contributed by atoms with Gasteiger partial charge in [0.05, 0.1) is 12.9 Å². The van der Waals surface area contributed by atoms with Gasteiger partial charge in [-0.2, -0.15) is 8.42 Å². The summed E-state index contributed by atoms with van der Waals surface area (Å²) in [6, 6.07) is 0. The van der Waals surface area contributed by atoms with Crippen molar-refractivity contribution in [3.63, 3.8) is 0 Å². The lowest BCUT2D eigenvalue weighted by molar-refractivity contribution is 0.199. The van der Waals surface area contributed by atoms with Gasteiger partial charge in [0.1, 0.15) is 12.3 Å². The molecule has 1 saturated carbocycles. The molecule has 2 atom stereocenters. The Kier molecular flexibility index (Phi) is 3.23. The molecule has 1 rings (SSSR count). The molecule has 0 amide bonds. The van der Waals surface area contributed by atoms with Gasteiger partial charge in [-0.05, 0) is 18.8 Å². The van der Waals surface area contributed by atoms with Crippen LogP contribution in [0.1, 0.15) is 12.8 Å². The Bertz CT molecular complexity index is 255. The number of hydrogen-bond acceptors (Lipinski definition) is 3. The van der Waals surface area contributed by atoms with Crippen LogP contribution in [0.3, 0.4) is 0 Å². The lowest BCUT2D eigenvalue weighted by Crippen LogP contribution is -2.11. The molecule has 0 N–H and O–H groups in total. The first-order valence-electron chi connectivity index (χ1n) is 4.01. The van der Waals surface area contributed by atoms with E-state index in [0.29, 0.717) is 0 Å². The highest BCUT2D eigenvalue weighted by atomic mass is 32.2. The lowest BCUT2D eigenvalue weighted by Gasteiger charge is -2.06. The minimum absolute atomic E-state index is 0.0523. The van der Waals surface area contributed by atoms with E-state index in [4.69, 9.17) is 0 Å². The Balaban J connectivity index is 2.33. The van der Waals surface area contributed by atoms with Crippen molar-refractivity contribution in [2.24, 2.45) is 5.92 Å². The van der Waals surface area contributed by atoms with E-state index in [1.165, 1.54) is 0 Å². The van der Waals surface area contributed by atoms with Crippen molar-refractivity contribution in [1.29, 1.82) is 0 Å². The highest BCUT2D eigenvalue weighted by Crippen LogP contribution is 2.30. The van der Waals surface area contributed by atoms with Gasteiger partial charge in [0.2, 0.25) is 0 Å². The SMILES string of the molecule is CS(=O)(=O)OCC1CC(F)C(F)C1. The number of rotatable bonds is 3. The van der Waals surface area contributed by atoms with Crippen LogP contribution in [0.5, 0.6) is 0 Å². The summed E-state index contributed by atoms with van der Waals surface area (Å²) in [6.45, 7) is -0.111. The predicted molar refractivity (Wildman–Crippen MR) is 43.3 cm³/mol. The third-order valence-electron chi connectivity index (χ3n) is 2.03. The second-order valence-electron chi connectivity index (χ2n) is 3.36. The molecule has 1 aliphatic rings. The Morgan fingerprint density at radius 2 is 1.77 bits per heavy atom. The molecule has 0 radical (unpaired) electrons. The second kappa shape index (κ2) is 3.88. The van der Waals surface area contributed by atoms with Gasteiger partial charge in [-0.15, -0.1) is 0 Å². The van der Waals surface area contributed by atoms with E-state index in [2.05, 4.69) is 4.18 Å². The molecule has 0 saturated heterocycles. The van der Waals surface area contributed by atoms with E-state index < -0.39 is 22.5 Å². The minimum Gasteiger partial charge on any atom is -0.270 e. The van der Waals surface area contributed by atoms with Gasteiger partial charge >= 0.3 is 0 Å². The van der Waals surface area contributed by atoms with Crippen LogP contribution in [-0.2, 0) is 14.3 Å². The summed E-state index contributed by atoms with van der Waals surface area (Å²) < 4.78 is 50.7. The third kappa shape index (κ3) is 3.56. The number of halogens is 2. The molecule has 2 unspecified atom stereocenters. The van der Waals surface area contributed by atoms with Crippen LogP contribution in [0.2, 0.25) is 0 Å². The van der Waals surface area contributed by atoms with E-state index in [1.54, 1.807) is 0 Å². The average molecular weight is 214 g/mol. The molecule has 0 aromatic rings. The van der Waals surface area contributed by atoms with Crippen LogP contribution in [0.4, 0.5) is 8.78 Å². The highest BCUT2D eigenvalue weighted by molar-refractivity contribution is 7.85. The fourth-order valence-corrected chi connectivity index (χ4v) is 1.82. The van der Waals surface area contributed by atoms with Crippen molar-refractivity contribution in [3.8, 4) is 0 Å². The van der Waals surface area contributed by atoms with Gasteiger partial charge in [-0.25, -0.2) is 8.78 Å². The van der Waals surface area contributed by atoms with Gasteiger partial charge in [0.15, 0.2) is 0 Å². The molecule has 0 aromatic carbocycles. The molecular formula is C7H12F2O3S. The van der Waals surface area contributed by atoms with Gasteiger partial charge < -0.3 is 0 Å². The van der Waals surface area contributed by atoms with Crippen molar-refractivity contribution in [1.82, 2.24) is 0 Å². The molecule has 6 heteroatoms. The largest absolute Gasteiger partial charge is 0.270 e. The molecule has 3 nitrogen and oxygen atoms in total. The molecule has 1 aliphatic carbocycles. The first-order valence-corrected chi connectivity index (χ1v) is 5.82. The standard InChI is InChI=1S/C7H12F2O3S/c1-13(10,11)12-4-5-2-6(8)7(9)3-5/h5-7H,2-4H2,1H3. The summed E-state index contributed by atoms with van der Waals surface area (Å²) >= 11 is 0. The number of hydrogen-bond donors (Lipinski definition) is 0. The minimum atomic E-state index is -3.49. The number of alkyl halides is 2. The summed E-state index contributed by atoms with van der Waals surface area (Å²) in [5.74, 6) is -0.320. The maximum absolute atomic E-state index is 12.6. The van der Waals surface area contributed by atoms with Crippen LogP contribution in [0, 0.1) is 5.92 Å². The fraction of sp³-hybridized carbons (Fsp3) is 1.00. The van der Waals surface area contributed by atoms with Crippen molar-refractivity contribution < 1.29 is 21.4 Å². The lowest BCUT2D eigenvalue weighted by atomic mass is 10.1. The van der Waals surface area contributed by atoms with Gasteiger partial charge in [-0.1, -0.05) is 0 Å². The van der Waals surface area contributed by atoms with Crippen molar-refractivity contribution in [3.05, 3.63) is 0 Å². The average Bonchev–Trinajstić information content (AvgIpc) is 2.27. The van der Waals surface area contributed by atoms with E-state index >= 15 is 0 Å². The Morgan fingerprint density at radius 1 is 1.31 bits per heavy atom. The molecular weight excluding hydrogens is 202 g/mol. The first kappa shape index (κ1) is 10.8. The van der Waals surface area contributed by atoms with Crippen LogP contribution in [0.15, 0.2) is 0 Å². The van der Waals surface area contributed by atoms with E-state index in [0.717, 1.165) is 6.26 Å². The topological polar surface area (TPSA) is 43.4 Å². The van der Waals surface area contributed by atoms with Gasteiger partial charge in [0, 0.05) is 0 Å². The molecule has 13 heavy (non-hydrogen) atoms. The molecule has 0 heterocycles. The summed E-state index contributed by atoms with van der Waals surface area (Å²) in [6.07, 6.45) is -1.91. The first-order chi connectivity index (χ1) is 5.88. The zero-order valence-corrected chi connectivity index (χ0v) is 8.06. The van der Waals surface area contributed by atoms with E-state index in [1.807, 2.05) is 0 Å². The smallest absolute Gasteiger partial charge is 0.264 e. The molecule has 0 bridgehead atoms. The maximum Gasteiger partial charge on any atom is 0.264 e. The molecule has 0 aromatic heterocycles. The Morgan fingerprint density at radius 3 is 2.15 bits per heavy atom. The maximum atomic E-state index is 12.6. The summed E-state index contributed by atoms with van der Waals surface area (Å²) in [5, 5.41) is 0. The molecule has 0 aliphatic heterocycles. The molecule has 0 spiro atoms. The van der Waals surface area contributed by atoms with Gasteiger partial charge in [-0.3, -0.25) is 4.18 Å². The Labute approximate surface area is 76.2 Å². The van der Waals surface area contributed by atoms with Crippen molar-refractivity contribution in [2.45, 2.75) is 25.2 Å². The highest BCUT2D eigenvalue weighted by Gasteiger charge is 2.34. The second-order valence-corrected chi connectivity index (χ2v) is 5.00. The van der Waals surface area contributed by atoms with Crippen molar-refractivity contribution >= 4 is 10.1 Å². The zero-order chi connectivity index (χ0) is 10.1. The monoisotopic (exact) mass is 214 g/mol. The Hall–Kier alpha value is -0.230. The molecule has 78 valence electrons. The summed E-state index contributed by atoms with van der Waals surface area (Å²) in [4.78, 5) is 0. The zero-order valence-electron chi connectivity index (χ0n) is 7.24.